The van der Waals surface area contributed by atoms with Crippen LogP contribution < -0.4 is 5.73 Å². The zero-order valence-corrected chi connectivity index (χ0v) is 11.1. The molecule has 0 atom stereocenters. The van der Waals surface area contributed by atoms with Gasteiger partial charge in [0.25, 0.3) is 5.91 Å². The van der Waals surface area contributed by atoms with Crippen LogP contribution in [-0.4, -0.2) is 20.6 Å². The van der Waals surface area contributed by atoms with E-state index in [4.69, 9.17) is 5.73 Å². The highest BCUT2D eigenvalue weighted by Gasteiger charge is 2.28. The number of hydrogen-bond donors (Lipinski definition) is 1. The summed E-state index contributed by atoms with van der Waals surface area (Å²) in [6.45, 7) is 3.09. The van der Waals surface area contributed by atoms with E-state index in [0.717, 1.165) is 0 Å². The number of benzene rings is 1. The molecule has 0 radical (unpaired) electrons. The van der Waals surface area contributed by atoms with Gasteiger partial charge in [-0.15, -0.1) is 0 Å². The van der Waals surface area contributed by atoms with Gasteiger partial charge in [0.05, 0.1) is 11.4 Å². The molecule has 0 spiro atoms. The van der Waals surface area contributed by atoms with Crippen molar-refractivity contribution in [1.29, 1.82) is 0 Å². The van der Waals surface area contributed by atoms with Crippen molar-refractivity contribution in [2.45, 2.75) is 20.0 Å². The fraction of sp³-hybridized carbons (Fsp3) is 0.286. The van der Waals surface area contributed by atoms with Crippen LogP contribution in [-0.2, 0) is 20.1 Å². The molecule has 1 aromatic carbocycles. The van der Waals surface area contributed by atoms with Crippen molar-refractivity contribution in [1.82, 2.24) is 14.7 Å². The molecule has 98 valence electrons. The number of hydrogen-bond acceptors (Lipinski definition) is 3. The lowest BCUT2D eigenvalue weighted by Crippen LogP contribution is -2.28. The Balaban J connectivity index is 1.91. The maximum absolute atomic E-state index is 12.6. The van der Waals surface area contributed by atoms with Crippen LogP contribution in [0.5, 0.6) is 0 Å². The fourth-order valence-electron chi connectivity index (χ4n) is 2.55. The Labute approximate surface area is 111 Å². The highest BCUT2D eigenvalue weighted by atomic mass is 16.2. The number of nitrogen functional groups attached to an aromatic ring is 1. The van der Waals surface area contributed by atoms with Crippen molar-refractivity contribution in [2.75, 3.05) is 5.73 Å². The van der Waals surface area contributed by atoms with Crippen LogP contribution in [0.3, 0.4) is 0 Å². The Morgan fingerprint density at radius 3 is 2.32 bits per heavy atom. The van der Waals surface area contributed by atoms with Crippen molar-refractivity contribution in [3.63, 3.8) is 0 Å². The van der Waals surface area contributed by atoms with E-state index in [1.54, 1.807) is 16.6 Å². The predicted molar refractivity (Wildman–Crippen MR) is 72.4 cm³/mol. The molecule has 1 aliphatic heterocycles. The van der Waals surface area contributed by atoms with Gasteiger partial charge in [-0.1, -0.05) is 24.3 Å². The second-order valence-electron chi connectivity index (χ2n) is 4.90. The Hall–Kier alpha value is -2.30. The van der Waals surface area contributed by atoms with E-state index in [-0.39, 0.29) is 5.91 Å². The number of amides is 1. The molecule has 0 unspecified atom stereocenters. The van der Waals surface area contributed by atoms with Crippen LogP contribution in [0.25, 0.3) is 0 Å². The molecule has 0 aliphatic carbocycles. The second kappa shape index (κ2) is 4.12. The van der Waals surface area contributed by atoms with Gasteiger partial charge in [-0.3, -0.25) is 9.48 Å². The van der Waals surface area contributed by atoms with Crippen LogP contribution >= 0.6 is 0 Å². The van der Waals surface area contributed by atoms with Crippen LogP contribution in [0.2, 0.25) is 0 Å². The average molecular weight is 256 g/mol. The van der Waals surface area contributed by atoms with Crippen molar-refractivity contribution in [3.8, 4) is 0 Å². The molecule has 1 amide bonds. The van der Waals surface area contributed by atoms with Gasteiger partial charge in [-0.2, -0.15) is 5.10 Å². The summed E-state index contributed by atoms with van der Waals surface area (Å²) in [5.41, 5.74) is 10.00. The number of carbonyl (C=O) groups excluding carboxylic acids is 1. The molecule has 5 heteroatoms. The SMILES string of the molecule is Cc1nn(C)c(C(=O)N2Cc3ccccc3C2)c1N. The number of nitrogens with zero attached hydrogens (tertiary/aromatic N) is 3. The van der Waals surface area contributed by atoms with E-state index in [2.05, 4.69) is 17.2 Å². The number of aryl methyl sites for hydroxylation is 2. The van der Waals surface area contributed by atoms with Crippen LogP contribution in [0.1, 0.15) is 27.3 Å². The van der Waals surface area contributed by atoms with E-state index < -0.39 is 0 Å². The minimum absolute atomic E-state index is 0.0585. The fourth-order valence-corrected chi connectivity index (χ4v) is 2.55. The first kappa shape index (κ1) is 11.8. The maximum atomic E-state index is 12.6. The molecule has 1 aromatic heterocycles. The zero-order chi connectivity index (χ0) is 13.6. The summed E-state index contributed by atoms with van der Waals surface area (Å²) in [4.78, 5) is 14.4. The van der Waals surface area contributed by atoms with Crippen LogP contribution in [0.15, 0.2) is 24.3 Å². The zero-order valence-electron chi connectivity index (χ0n) is 11.1. The van der Waals surface area contributed by atoms with E-state index in [9.17, 15) is 4.79 Å². The van der Waals surface area contributed by atoms with Crippen LogP contribution in [0.4, 0.5) is 5.69 Å². The van der Waals surface area contributed by atoms with E-state index in [1.165, 1.54) is 11.1 Å². The van der Waals surface area contributed by atoms with Gasteiger partial charge in [0.15, 0.2) is 0 Å². The molecule has 0 saturated carbocycles. The molecule has 3 rings (SSSR count). The minimum atomic E-state index is -0.0585. The Kier molecular flexibility index (Phi) is 2.55. The van der Waals surface area contributed by atoms with Gasteiger partial charge in [0.1, 0.15) is 5.69 Å². The summed E-state index contributed by atoms with van der Waals surface area (Å²) in [6.07, 6.45) is 0. The number of carbonyl (C=O) groups is 1. The smallest absolute Gasteiger partial charge is 0.274 e. The van der Waals surface area contributed by atoms with Gasteiger partial charge in [0, 0.05) is 20.1 Å². The normalized spacial score (nSPS) is 13.7. The molecular weight excluding hydrogens is 240 g/mol. The molecule has 0 saturated heterocycles. The summed E-state index contributed by atoms with van der Waals surface area (Å²) in [5, 5.41) is 4.20. The quantitative estimate of drug-likeness (QED) is 0.840. The van der Waals surface area contributed by atoms with E-state index in [1.807, 2.05) is 19.1 Å². The first-order valence-electron chi connectivity index (χ1n) is 6.23. The Morgan fingerprint density at radius 1 is 1.26 bits per heavy atom. The third-order valence-electron chi connectivity index (χ3n) is 3.60. The van der Waals surface area contributed by atoms with E-state index in [0.29, 0.717) is 30.2 Å². The first-order chi connectivity index (χ1) is 9.08. The monoisotopic (exact) mass is 256 g/mol. The van der Waals surface area contributed by atoms with Gasteiger partial charge >= 0.3 is 0 Å². The van der Waals surface area contributed by atoms with Gasteiger partial charge in [0.2, 0.25) is 0 Å². The third-order valence-corrected chi connectivity index (χ3v) is 3.60. The molecule has 0 fully saturated rings. The summed E-state index contributed by atoms with van der Waals surface area (Å²) in [6, 6.07) is 8.10. The third kappa shape index (κ3) is 1.78. The number of anilines is 1. The van der Waals surface area contributed by atoms with E-state index >= 15 is 0 Å². The highest BCUT2D eigenvalue weighted by molar-refractivity contribution is 5.98. The molecule has 0 bridgehead atoms. The molecule has 2 heterocycles. The van der Waals surface area contributed by atoms with Gasteiger partial charge in [-0.25, -0.2) is 0 Å². The Bertz CT molecular complexity index is 634. The molecule has 5 nitrogen and oxygen atoms in total. The number of fused-ring (bicyclic) bond motifs is 1. The lowest BCUT2D eigenvalue weighted by molar-refractivity contribution is 0.0741. The van der Waals surface area contributed by atoms with Crippen molar-refractivity contribution >= 4 is 11.6 Å². The second-order valence-corrected chi connectivity index (χ2v) is 4.90. The minimum Gasteiger partial charge on any atom is -0.395 e. The average Bonchev–Trinajstić information content (AvgIpc) is 2.91. The van der Waals surface area contributed by atoms with Gasteiger partial charge in [-0.05, 0) is 18.1 Å². The molecule has 19 heavy (non-hydrogen) atoms. The summed E-state index contributed by atoms with van der Waals surface area (Å²) in [5.74, 6) is -0.0585. The lowest BCUT2D eigenvalue weighted by Gasteiger charge is -2.15. The maximum Gasteiger partial charge on any atom is 0.274 e. The lowest BCUT2D eigenvalue weighted by atomic mass is 10.1. The molecular formula is C14H16N4O. The molecule has 2 aromatic rings. The van der Waals surface area contributed by atoms with Crippen molar-refractivity contribution in [2.24, 2.45) is 7.05 Å². The van der Waals surface area contributed by atoms with Gasteiger partial charge < -0.3 is 10.6 Å². The topological polar surface area (TPSA) is 64.2 Å². The summed E-state index contributed by atoms with van der Waals surface area (Å²) < 4.78 is 1.57. The standard InChI is InChI=1S/C14H16N4O/c1-9-12(15)13(17(2)16-9)14(19)18-7-10-5-3-4-6-11(10)8-18/h3-6H,7-8,15H2,1-2H3. The number of aromatic nitrogens is 2. The predicted octanol–water partition coefficient (Wildman–Crippen LogP) is 1.47. The summed E-state index contributed by atoms with van der Waals surface area (Å²) in [7, 11) is 1.75. The Morgan fingerprint density at radius 2 is 1.84 bits per heavy atom. The highest BCUT2D eigenvalue weighted by Crippen LogP contribution is 2.26. The first-order valence-corrected chi connectivity index (χ1v) is 6.23. The number of rotatable bonds is 1. The molecule has 1 aliphatic rings. The largest absolute Gasteiger partial charge is 0.395 e. The molecule has 2 N–H and O–H groups in total. The summed E-state index contributed by atoms with van der Waals surface area (Å²) >= 11 is 0. The number of nitrogens with two attached hydrogens (primary N) is 1. The van der Waals surface area contributed by atoms with Crippen molar-refractivity contribution in [3.05, 3.63) is 46.8 Å². The van der Waals surface area contributed by atoms with Crippen LogP contribution in [0, 0.1) is 6.92 Å². The van der Waals surface area contributed by atoms with Crippen molar-refractivity contribution < 1.29 is 4.79 Å².